The lowest BCUT2D eigenvalue weighted by atomic mass is 10.0. The smallest absolute Gasteiger partial charge is 0.462 e. The number of hydrogen-bond donors (Lipinski definition) is 3. The first-order valence-corrected chi connectivity index (χ1v) is 45.6. The van der Waals surface area contributed by atoms with Gasteiger partial charge in [-0.15, -0.1) is 0 Å². The van der Waals surface area contributed by atoms with Gasteiger partial charge in [0.1, 0.15) is 19.3 Å². The van der Waals surface area contributed by atoms with Crippen molar-refractivity contribution in [3.63, 3.8) is 0 Å². The van der Waals surface area contributed by atoms with Gasteiger partial charge in [-0.05, 0) is 31.6 Å². The van der Waals surface area contributed by atoms with Crippen molar-refractivity contribution in [3.8, 4) is 0 Å². The maximum Gasteiger partial charge on any atom is 0.472 e. The van der Waals surface area contributed by atoms with Crippen LogP contribution in [0.2, 0.25) is 0 Å². The topological polar surface area (TPSA) is 237 Å². The molecular weight excluding hydrogens is 1320 g/mol. The highest BCUT2D eigenvalue weighted by atomic mass is 31.2. The molecule has 0 aromatic rings. The second-order valence-electron chi connectivity index (χ2n) is 30.0. The van der Waals surface area contributed by atoms with Crippen molar-refractivity contribution in [2.24, 2.45) is 5.92 Å². The Morgan fingerprint density at radius 2 is 0.455 bits per heavy atom. The molecule has 0 radical (unpaired) electrons. The van der Waals surface area contributed by atoms with Crippen LogP contribution in [0.5, 0.6) is 0 Å². The van der Waals surface area contributed by atoms with Crippen LogP contribution in [-0.4, -0.2) is 96.7 Å². The minimum atomic E-state index is -4.96. The summed E-state index contributed by atoms with van der Waals surface area (Å²) in [4.78, 5) is 72.9. The molecule has 0 aliphatic rings. The van der Waals surface area contributed by atoms with Gasteiger partial charge in [0.25, 0.3) is 0 Å². The van der Waals surface area contributed by atoms with Gasteiger partial charge in [0.05, 0.1) is 26.4 Å². The molecule has 2 unspecified atom stereocenters. The molecule has 0 saturated carbocycles. The molecule has 19 heteroatoms. The number of phosphoric acid groups is 2. The molecule has 5 atom stereocenters. The minimum absolute atomic E-state index is 0.106. The third kappa shape index (κ3) is 76.1. The first-order valence-electron chi connectivity index (χ1n) is 42.6. The quantitative estimate of drug-likeness (QED) is 0.0222. The number of hydrogen-bond acceptors (Lipinski definition) is 15. The van der Waals surface area contributed by atoms with E-state index < -0.39 is 97.5 Å². The Labute approximate surface area is 619 Å². The third-order valence-electron chi connectivity index (χ3n) is 19.3. The number of unbranched alkanes of at least 4 members (excludes halogenated alkanes) is 54. The fourth-order valence-electron chi connectivity index (χ4n) is 12.8. The van der Waals surface area contributed by atoms with E-state index in [1.54, 1.807) is 0 Å². The molecule has 101 heavy (non-hydrogen) atoms. The number of aliphatic hydroxyl groups is 1. The van der Waals surface area contributed by atoms with E-state index in [-0.39, 0.29) is 25.7 Å². The Morgan fingerprint density at radius 1 is 0.267 bits per heavy atom. The zero-order valence-electron chi connectivity index (χ0n) is 66.1. The maximum absolute atomic E-state index is 13.1. The van der Waals surface area contributed by atoms with E-state index in [0.717, 1.165) is 102 Å². The molecule has 0 aromatic carbocycles. The Balaban J connectivity index is 5.18. The van der Waals surface area contributed by atoms with Gasteiger partial charge in [-0.1, -0.05) is 388 Å². The van der Waals surface area contributed by atoms with Crippen molar-refractivity contribution in [1.29, 1.82) is 0 Å². The van der Waals surface area contributed by atoms with Gasteiger partial charge in [0.2, 0.25) is 0 Å². The van der Waals surface area contributed by atoms with Crippen LogP contribution >= 0.6 is 15.6 Å². The van der Waals surface area contributed by atoms with Crippen molar-refractivity contribution in [2.75, 3.05) is 39.6 Å². The van der Waals surface area contributed by atoms with Gasteiger partial charge >= 0.3 is 39.5 Å². The van der Waals surface area contributed by atoms with E-state index in [1.807, 2.05) is 0 Å². The molecule has 0 rings (SSSR count). The fourth-order valence-corrected chi connectivity index (χ4v) is 14.3. The van der Waals surface area contributed by atoms with Crippen LogP contribution in [0.25, 0.3) is 0 Å². The molecule has 600 valence electrons. The van der Waals surface area contributed by atoms with Crippen LogP contribution in [-0.2, 0) is 65.4 Å². The van der Waals surface area contributed by atoms with E-state index in [0.29, 0.717) is 25.7 Å². The van der Waals surface area contributed by atoms with Crippen molar-refractivity contribution >= 4 is 39.5 Å². The Hall–Kier alpha value is -1.94. The van der Waals surface area contributed by atoms with E-state index >= 15 is 0 Å². The van der Waals surface area contributed by atoms with Crippen LogP contribution in [0.1, 0.15) is 439 Å². The zero-order valence-corrected chi connectivity index (χ0v) is 67.8. The molecule has 0 aromatic heterocycles. The van der Waals surface area contributed by atoms with Crippen molar-refractivity contribution in [3.05, 3.63) is 0 Å². The predicted octanol–water partition coefficient (Wildman–Crippen LogP) is 24.8. The van der Waals surface area contributed by atoms with Crippen molar-refractivity contribution in [1.82, 2.24) is 0 Å². The standard InChI is InChI=1S/C82H160O17P2/c1-6-9-12-15-18-21-23-25-27-29-31-32-34-36-38-40-42-47-52-57-62-67-81(86)99-78(72-93-80(85)66-61-56-51-46-41-39-37-35-33-30-28-26-24-22-19-16-13-10-7-2)74-97-101(90,91)95-70-76(83)69-94-100(88,89)96-73-77(71-92-79(84)65-60-55-50-20-17-14-11-8-3)98-82(87)68-63-58-53-48-44-43-45-49-54-59-64-75(4)5/h75-78,83H,6-74H2,1-5H3,(H,88,89)(H,90,91)/t76-,77+,78+/m0/s1. The van der Waals surface area contributed by atoms with Gasteiger partial charge in [-0.2, -0.15) is 0 Å². The number of rotatable bonds is 82. The van der Waals surface area contributed by atoms with E-state index in [4.69, 9.17) is 37.0 Å². The first kappa shape index (κ1) is 99.1. The lowest BCUT2D eigenvalue weighted by Crippen LogP contribution is -2.30. The van der Waals surface area contributed by atoms with Gasteiger partial charge < -0.3 is 33.8 Å². The molecule has 0 aliphatic heterocycles. The number of carbonyl (C=O) groups is 4. The van der Waals surface area contributed by atoms with Crippen LogP contribution in [0, 0.1) is 5.92 Å². The van der Waals surface area contributed by atoms with Crippen molar-refractivity contribution in [2.45, 2.75) is 457 Å². The average Bonchev–Trinajstić information content (AvgIpc) is 0.984. The Morgan fingerprint density at radius 3 is 0.673 bits per heavy atom. The SMILES string of the molecule is CCCCCCCCCCCCCCCCCCCCCCCC(=O)O[C@H](COC(=O)CCCCCCCCCCCCCCCCCCCCC)COP(=O)(O)OC[C@@H](O)COP(=O)(O)OC[C@@H](COC(=O)CCCCCCCCCC)OC(=O)CCCCCCCCCCCCC(C)C. The lowest BCUT2D eigenvalue weighted by Gasteiger charge is -2.21. The molecule has 0 fully saturated rings. The highest BCUT2D eigenvalue weighted by molar-refractivity contribution is 7.47. The molecular formula is C82H160O17P2. The summed E-state index contributed by atoms with van der Waals surface area (Å²) in [5.41, 5.74) is 0. The van der Waals surface area contributed by atoms with Gasteiger partial charge in [-0.3, -0.25) is 37.3 Å². The third-order valence-corrected chi connectivity index (χ3v) is 21.2. The summed E-state index contributed by atoms with van der Waals surface area (Å²) in [6.45, 7) is 7.29. The highest BCUT2D eigenvalue weighted by Crippen LogP contribution is 2.45. The summed E-state index contributed by atoms with van der Waals surface area (Å²) in [6, 6.07) is 0. The maximum atomic E-state index is 13.1. The fraction of sp³-hybridized carbons (Fsp3) is 0.951. The lowest BCUT2D eigenvalue weighted by molar-refractivity contribution is -0.161. The molecule has 17 nitrogen and oxygen atoms in total. The molecule has 0 saturated heterocycles. The van der Waals surface area contributed by atoms with Crippen LogP contribution in [0.4, 0.5) is 0 Å². The monoisotopic (exact) mass is 1480 g/mol. The van der Waals surface area contributed by atoms with E-state index in [2.05, 4.69) is 34.6 Å². The normalized spacial score (nSPS) is 13.8. The Bertz CT molecular complexity index is 1930. The van der Waals surface area contributed by atoms with Crippen LogP contribution in [0.15, 0.2) is 0 Å². The largest absolute Gasteiger partial charge is 0.472 e. The Kier molecular flexibility index (Phi) is 73.5. The predicted molar refractivity (Wildman–Crippen MR) is 414 cm³/mol. The van der Waals surface area contributed by atoms with E-state index in [1.165, 1.54) is 257 Å². The molecule has 0 bridgehead atoms. The summed E-state index contributed by atoms with van der Waals surface area (Å²) in [6.07, 6.45) is 66.9. The highest BCUT2D eigenvalue weighted by Gasteiger charge is 2.30. The van der Waals surface area contributed by atoms with Gasteiger partial charge in [0.15, 0.2) is 12.2 Å². The summed E-state index contributed by atoms with van der Waals surface area (Å²) in [7, 11) is -9.92. The van der Waals surface area contributed by atoms with E-state index in [9.17, 15) is 43.2 Å². The summed E-state index contributed by atoms with van der Waals surface area (Å²) >= 11 is 0. The second kappa shape index (κ2) is 74.9. The number of ether oxygens (including phenoxy) is 4. The number of aliphatic hydroxyl groups excluding tert-OH is 1. The van der Waals surface area contributed by atoms with Crippen LogP contribution in [0.3, 0.4) is 0 Å². The first-order chi connectivity index (χ1) is 49.0. The van der Waals surface area contributed by atoms with Crippen LogP contribution < -0.4 is 0 Å². The molecule has 0 heterocycles. The van der Waals surface area contributed by atoms with Crippen molar-refractivity contribution < 1.29 is 80.2 Å². The molecule has 0 amide bonds. The molecule has 3 N–H and O–H groups in total. The van der Waals surface area contributed by atoms with Gasteiger partial charge in [-0.25, -0.2) is 9.13 Å². The molecule has 0 spiro atoms. The summed E-state index contributed by atoms with van der Waals surface area (Å²) < 4.78 is 68.7. The molecule has 0 aliphatic carbocycles. The average molecular weight is 1480 g/mol. The zero-order chi connectivity index (χ0) is 74.1. The number of esters is 4. The summed E-state index contributed by atoms with van der Waals surface area (Å²) in [5.74, 6) is -1.36. The second-order valence-corrected chi connectivity index (χ2v) is 32.9. The minimum Gasteiger partial charge on any atom is -0.462 e. The van der Waals surface area contributed by atoms with Gasteiger partial charge in [0, 0.05) is 25.7 Å². The number of phosphoric ester groups is 2. The summed E-state index contributed by atoms with van der Waals surface area (Å²) in [5, 5.41) is 10.6. The number of carbonyl (C=O) groups excluding carboxylic acids is 4.